The van der Waals surface area contributed by atoms with Crippen LogP contribution in [0.25, 0.3) is 0 Å². The standard InChI is InChI=1S/C21H29N3O3/c1-23(2)8-7-22-15-18-20(25)13-16(14-21(18)26)17-5-3-4-6-19(17)24-9-11-27-12-10-24/h3-6,15-16,25H,7-14H2,1-2H3. The average Bonchev–Trinajstić information content (AvgIpc) is 2.67. The van der Waals surface area contributed by atoms with Gasteiger partial charge in [-0.25, -0.2) is 0 Å². The van der Waals surface area contributed by atoms with Gasteiger partial charge < -0.3 is 19.6 Å². The molecule has 2 aliphatic rings. The highest BCUT2D eigenvalue weighted by Crippen LogP contribution is 2.38. The van der Waals surface area contributed by atoms with E-state index < -0.39 is 0 Å². The molecule has 1 atom stereocenters. The van der Waals surface area contributed by atoms with Gasteiger partial charge >= 0.3 is 0 Å². The zero-order valence-electron chi connectivity index (χ0n) is 16.2. The normalized spacial score (nSPS) is 21.5. The average molecular weight is 371 g/mol. The summed E-state index contributed by atoms with van der Waals surface area (Å²) >= 11 is 0. The number of likely N-dealkylation sites (N-methyl/N-ethyl adjacent to an activating group) is 1. The summed E-state index contributed by atoms with van der Waals surface area (Å²) < 4.78 is 5.46. The van der Waals surface area contributed by atoms with Gasteiger partial charge in [-0.15, -0.1) is 0 Å². The molecule has 1 unspecified atom stereocenters. The third-order valence-electron chi connectivity index (χ3n) is 5.11. The Hall–Kier alpha value is -2.18. The highest BCUT2D eigenvalue weighted by atomic mass is 16.5. The van der Waals surface area contributed by atoms with Crippen LogP contribution in [0.2, 0.25) is 0 Å². The third-order valence-corrected chi connectivity index (χ3v) is 5.11. The molecule has 1 aromatic carbocycles. The van der Waals surface area contributed by atoms with Crippen LogP contribution in [0.4, 0.5) is 5.69 Å². The van der Waals surface area contributed by atoms with Gasteiger partial charge in [-0.2, -0.15) is 0 Å². The SMILES string of the molecule is CN(C)CCN=CC1=C(O)CC(c2ccccc2N2CCOCC2)CC1=O. The number of ether oxygens (including phenoxy) is 1. The van der Waals surface area contributed by atoms with Gasteiger partial charge in [0.25, 0.3) is 0 Å². The maximum Gasteiger partial charge on any atom is 0.168 e. The fourth-order valence-corrected chi connectivity index (χ4v) is 3.62. The highest BCUT2D eigenvalue weighted by Gasteiger charge is 2.30. The van der Waals surface area contributed by atoms with Crippen molar-refractivity contribution in [3.8, 4) is 0 Å². The van der Waals surface area contributed by atoms with Crippen LogP contribution in [0.1, 0.15) is 24.3 Å². The van der Waals surface area contributed by atoms with Crippen LogP contribution in [0.15, 0.2) is 40.6 Å². The van der Waals surface area contributed by atoms with E-state index in [2.05, 4.69) is 22.0 Å². The zero-order valence-corrected chi connectivity index (χ0v) is 16.2. The Balaban J connectivity index is 1.76. The second kappa shape index (κ2) is 9.15. The van der Waals surface area contributed by atoms with E-state index >= 15 is 0 Å². The Morgan fingerprint density at radius 2 is 2.00 bits per heavy atom. The minimum atomic E-state index is -0.0332. The first-order valence-corrected chi connectivity index (χ1v) is 9.57. The largest absolute Gasteiger partial charge is 0.511 e. The molecule has 1 heterocycles. The third kappa shape index (κ3) is 4.96. The number of nitrogens with zero attached hydrogens (tertiary/aromatic N) is 3. The fraction of sp³-hybridized carbons (Fsp3) is 0.524. The highest BCUT2D eigenvalue weighted by molar-refractivity contribution is 6.14. The number of benzene rings is 1. The smallest absolute Gasteiger partial charge is 0.168 e. The summed E-state index contributed by atoms with van der Waals surface area (Å²) in [5, 5.41) is 10.5. The maximum atomic E-state index is 12.7. The lowest BCUT2D eigenvalue weighted by Gasteiger charge is -2.33. The first-order valence-electron chi connectivity index (χ1n) is 9.57. The van der Waals surface area contributed by atoms with Crippen LogP contribution < -0.4 is 4.90 Å². The molecule has 6 nitrogen and oxygen atoms in total. The number of hydrogen-bond donors (Lipinski definition) is 1. The van der Waals surface area contributed by atoms with E-state index in [9.17, 15) is 9.90 Å². The maximum absolute atomic E-state index is 12.7. The molecule has 1 N–H and O–H groups in total. The van der Waals surface area contributed by atoms with Crippen molar-refractivity contribution in [3.05, 3.63) is 41.2 Å². The van der Waals surface area contributed by atoms with Crippen molar-refractivity contribution in [1.29, 1.82) is 0 Å². The molecule has 0 radical (unpaired) electrons. The number of morpholine rings is 1. The Morgan fingerprint density at radius 3 is 2.70 bits per heavy atom. The zero-order chi connectivity index (χ0) is 19.2. The van der Waals surface area contributed by atoms with E-state index in [0.29, 0.717) is 25.0 Å². The van der Waals surface area contributed by atoms with Gasteiger partial charge in [-0.1, -0.05) is 18.2 Å². The van der Waals surface area contributed by atoms with Crippen LogP contribution in [0, 0.1) is 0 Å². The van der Waals surface area contributed by atoms with E-state index in [-0.39, 0.29) is 17.5 Å². The Labute approximate surface area is 161 Å². The van der Waals surface area contributed by atoms with Crippen molar-refractivity contribution in [1.82, 2.24) is 4.90 Å². The van der Waals surface area contributed by atoms with Gasteiger partial charge in [-0.05, 0) is 25.7 Å². The number of anilines is 1. The molecule has 0 bridgehead atoms. The monoisotopic (exact) mass is 371 g/mol. The summed E-state index contributed by atoms with van der Waals surface area (Å²) in [5.74, 6) is 0.117. The molecule has 27 heavy (non-hydrogen) atoms. The molecule has 6 heteroatoms. The molecule has 1 fully saturated rings. The van der Waals surface area contributed by atoms with Crippen LogP contribution >= 0.6 is 0 Å². The van der Waals surface area contributed by atoms with Gasteiger partial charge in [0.1, 0.15) is 5.76 Å². The van der Waals surface area contributed by atoms with Gasteiger partial charge in [0.05, 0.1) is 25.3 Å². The summed E-state index contributed by atoms with van der Waals surface area (Å²) in [4.78, 5) is 21.3. The molecule has 0 spiro atoms. The number of Topliss-reactive ketones (excluding diaryl/α,β-unsaturated/α-hetero) is 1. The second-order valence-electron chi connectivity index (χ2n) is 7.39. The van der Waals surface area contributed by atoms with Gasteiger partial charge in [0, 0.05) is 50.3 Å². The van der Waals surface area contributed by atoms with Crippen LogP contribution in [-0.2, 0) is 9.53 Å². The van der Waals surface area contributed by atoms with E-state index in [0.717, 1.165) is 44.1 Å². The number of aliphatic hydroxyl groups is 1. The fourth-order valence-electron chi connectivity index (χ4n) is 3.62. The van der Waals surface area contributed by atoms with Gasteiger partial charge in [0.2, 0.25) is 0 Å². The van der Waals surface area contributed by atoms with Crippen molar-refractivity contribution >= 4 is 17.7 Å². The lowest BCUT2D eigenvalue weighted by molar-refractivity contribution is -0.116. The molecular formula is C21H29N3O3. The lowest BCUT2D eigenvalue weighted by Crippen LogP contribution is -2.37. The molecule has 1 aliphatic carbocycles. The van der Waals surface area contributed by atoms with Crippen molar-refractivity contribution in [3.63, 3.8) is 0 Å². The number of carbonyl (C=O) groups excluding carboxylic acids is 1. The number of rotatable bonds is 6. The summed E-state index contributed by atoms with van der Waals surface area (Å²) in [5.41, 5.74) is 2.64. The summed E-state index contributed by atoms with van der Waals surface area (Å²) in [7, 11) is 3.96. The number of carbonyl (C=O) groups is 1. The molecule has 0 aromatic heterocycles. The molecule has 146 valence electrons. The van der Waals surface area contributed by atoms with E-state index in [1.807, 2.05) is 31.1 Å². The van der Waals surface area contributed by atoms with Crippen LogP contribution in [-0.4, -0.2) is 75.5 Å². The van der Waals surface area contributed by atoms with E-state index in [4.69, 9.17) is 4.74 Å². The number of allylic oxidation sites excluding steroid dienone is 2. The summed E-state index contributed by atoms with van der Waals surface area (Å²) in [6, 6.07) is 8.20. The molecule has 1 aromatic rings. The molecule has 3 rings (SSSR count). The molecule has 0 amide bonds. The van der Waals surface area contributed by atoms with Crippen molar-refractivity contribution < 1.29 is 14.6 Å². The molecule has 1 saturated heterocycles. The Morgan fingerprint density at radius 1 is 1.26 bits per heavy atom. The van der Waals surface area contributed by atoms with Crippen molar-refractivity contribution in [2.75, 3.05) is 58.4 Å². The quantitative estimate of drug-likeness (QED) is 0.778. The molecule has 0 saturated carbocycles. The first-order chi connectivity index (χ1) is 13.1. The lowest BCUT2D eigenvalue weighted by atomic mass is 9.82. The predicted octanol–water partition coefficient (Wildman–Crippen LogP) is 2.41. The molecule has 1 aliphatic heterocycles. The number of para-hydroxylation sites is 1. The minimum absolute atomic E-state index is 0.00419. The summed E-state index contributed by atoms with van der Waals surface area (Å²) in [6.45, 7) is 4.56. The van der Waals surface area contributed by atoms with E-state index in [1.165, 1.54) is 0 Å². The van der Waals surface area contributed by atoms with Crippen LogP contribution in [0.5, 0.6) is 0 Å². The van der Waals surface area contributed by atoms with Crippen LogP contribution in [0.3, 0.4) is 0 Å². The second-order valence-corrected chi connectivity index (χ2v) is 7.39. The van der Waals surface area contributed by atoms with E-state index in [1.54, 1.807) is 6.21 Å². The van der Waals surface area contributed by atoms with Crippen molar-refractivity contribution in [2.24, 2.45) is 4.99 Å². The molecular weight excluding hydrogens is 342 g/mol. The number of aliphatic imine (C=N–C) groups is 1. The predicted molar refractivity (Wildman–Crippen MR) is 108 cm³/mol. The summed E-state index contributed by atoms with van der Waals surface area (Å²) in [6.07, 6.45) is 2.42. The van der Waals surface area contributed by atoms with Gasteiger partial charge in [-0.3, -0.25) is 9.79 Å². The number of ketones is 1. The number of hydrogen-bond acceptors (Lipinski definition) is 6. The first kappa shape index (κ1) is 19.6. The van der Waals surface area contributed by atoms with Crippen molar-refractivity contribution in [2.45, 2.75) is 18.8 Å². The number of aliphatic hydroxyl groups excluding tert-OH is 1. The topological polar surface area (TPSA) is 65.4 Å². The van der Waals surface area contributed by atoms with Gasteiger partial charge in [0.15, 0.2) is 5.78 Å². The minimum Gasteiger partial charge on any atom is -0.511 e. The Bertz CT molecular complexity index is 721. The Kier molecular flexibility index (Phi) is 6.63.